The van der Waals surface area contributed by atoms with Crippen molar-refractivity contribution in [2.75, 3.05) is 7.11 Å². The van der Waals surface area contributed by atoms with Crippen LogP contribution >= 0.6 is 0 Å². The van der Waals surface area contributed by atoms with Crippen molar-refractivity contribution in [3.63, 3.8) is 0 Å². The number of fused-ring (bicyclic) bond motifs is 1. The van der Waals surface area contributed by atoms with E-state index in [1.165, 1.54) is 0 Å². The predicted molar refractivity (Wildman–Crippen MR) is 117 cm³/mol. The van der Waals surface area contributed by atoms with Gasteiger partial charge in [0.05, 0.1) is 29.7 Å². The molecule has 4 rings (SSSR count). The number of nitrogens with zero attached hydrogens (tertiary/aromatic N) is 3. The molecule has 2 heterocycles. The highest BCUT2D eigenvalue weighted by Gasteiger charge is 2.17. The van der Waals surface area contributed by atoms with E-state index in [1.807, 2.05) is 55.5 Å². The summed E-state index contributed by atoms with van der Waals surface area (Å²) in [6, 6.07) is 18.0. The van der Waals surface area contributed by atoms with Crippen molar-refractivity contribution in [3.05, 3.63) is 94.2 Å². The predicted octanol–water partition coefficient (Wildman–Crippen LogP) is 3.21. The van der Waals surface area contributed by atoms with Gasteiger partial charge in [-0.25, -0.2) is 9.97 Å². The van der Waals surface area contributed by atoms with Gasteiger partial charge in [-0.15, -0.1) is 0 Å². The smallest absolute Gasteiger partial charge is 0.267 e. The molecular formula is C24H20N4O2. The minimum atomic E-state index is -0.414. The number of rotatable bonds is 3. The Morgan fingerprint density at radius 1 is 1.03 bits per heavy atom. The van der Waals surface area contributed by atoms with Gasteiger partial charge in [0.2, 0.25) is 5.88 Å². The van der Waals surface area contributed by atoms with Crippen LogP contribution in [0.1, 0.15) is 29.9 Å². The molecule has 4 aromatic rings. The van der Waals surface area contributed by atoms with Gasteiger partial charge in [0.25, 0.3) is 5.56 Å². The number of ether oxygens (including phenoxy) is 1. The van der Waals surface area contributed by atoms with Gasteiger partial charge in [0.15, 0.2) is 0 Å². The Labute approximate surface area is 174 Å². The number of hydrogen-bond acceptors (Lipinski definition) is 5. The second kappa shape index (κ2) is 8.19. The standard InChI is InChI=1S/C24H20N4O2/c1-16(25)23-27-20-10-6-7-18(13-11-17-12-14-21(30-2)26-15-17)22(20)24(29)28(23)19-8-4-3-5-9-19/h3-10,12,14-16H,25H2,1-2H3. The summed E-state index contributed by atoms with van der Waals surface area (Å²) in [6.07, 6.45) is 1.63. The van der Waals surface area contributed by atoms with Crippen LogP contribution in [0.3, 0.4) is 0 Å². The van der Waals surface area contributed by atoms with E-state index in [-0.39, 0.29) is 5.56 Å². The lowest BCUT2D eigenvalue weighted by Gasteiger charge is -2.16. The van der Waals surface area contributed by atoms with Crippen molar-refractivity contribution in [2.45, 2.75) is 13.0 Å². The molecule has 148 valence electrons. The van der Waals surface area contributed by atoms with E-state index in [9.17, 15) is 4.79 Å². The van der Waals surface area contributed by atoms with Crippen molar-refractivity contribution < 1.29 is 4.74 Å². The highest BCUT2D eigenvalue weighted by molar-refractivity contribution is 5.85. The van der Waals surface area contributed by atoms with Gasteiger partial charge >= 0.3 is 0 Å². The average Bonchev–Trinajstić information content (AvgIpc) is 2.78. The van der Waals surface area contributed by atoms with Crippen molar-refractivity contribution in [1.82, 2.24) is 14.5 Å². The number of pyridine rings is 1. The minimum Gasteiger partial charge on any atom is -0.481 e. The molecule has 6 heteroatoms. The van der Waals surface area contributed by atoms with Crippen LogP contribution in [0.5, 0.6) is 5.88 Å². The number of benzene rings is 2. The van der Waals surface area contributed by atoms with Crippen LogP contribution in [0.25, 0.3) is 16.6 Å². The second-order valence-corrected chi connectivity index (χ2v) is 6.77. The molecule has 0 fully saturated rings. The first-order valence-corrected chi connectivity index (χ1v) is 9.47. The van der Waals surface area contributed by atoms with Crippen LogP contribution in [0.2, 0.25) is 0 Å². The Morgan fingerprint density at radius 2 is 1.83 bits per heavy atom. The van der Waals surface area contributed by atoms with Crippen molar-refractivity contribution in [3.8, 4) is 23.4 Å². The SMILES string of the molecule is COc1ccc(C#Cc2cccc3nc(C(C)N)n(-c4ccccc4)c(=O)c23)cn1. The third-order valence-corrected chi connectivity index (χ3v) is 4.63. The molecule has 0 aliphatic heterocycles. The molecule has 2 aromatic heterocycles. The van der Waals surface area contributed by atoms with Crippen molar-refractivity contribution in [2.24, 2.45) is 5.73 Å². The molecule has 2 N–H and O–H groups in total. The molecule has 1 unspecified atom stereocenters. The molecule has 0 spiro atoms. The highest BCUT2D eigenvalue weighted by Crippen LogP contribution is 2.19. The van der Waals surface area contributed by atoms with Gasteiger partial charge in [-0.2, -0.15) is 0 Å². The first-order chi connectivity index (χ1) is 14.6. The van der Waals surface area contributed by atoms with Gasteiger partial charge in [-0.05, 0) is 37.3 Å². The summed E-state index contributed by atoms with van der Waals surface area (Å²) in [4.78, 5) is 22.4. The Hall–Kier alpha value is -3.95. The summed E-state index contributed by atoms with van der Waals surface area (Å²) >= 11 is 0. The Bertz CT molecular complexity index is 1320. The van der Waals surface area contributed by atoms with Gasteiger partial charge in [0.1, 0.15) is 5.82 Å². The maximum Gasteiger partial charge on any atom is 0.267 e. The topological polar surface area (TPSA) is 83.0 Å². The van der Waals surface area contributed by atoms with E-state index < -0.39 is 6.04 Å². The Kier molecular flexibility index (Phi) is 5.29. The molecule has 1 atom stereocenters. The molecule has 30 heavy (non-hydrogen) atoms. The van der Waals surface area contributed by atoms with Crippen molar-refractivity contribution in [1.29, 1.82) is 0 Å². The number of methoxy groups -OCH3 is 1. The van der Waals surface area contributed by atoms with Gasteiger partial charge in [-0.3, -0.25) is 9.36 Å². The zero-order valence-electron chi connectivity index (χ0n) is 16.7. The van der Waals surface area contributed by atoms with Crippen molar-refractivity contribution >= 4 is 10.9 Å². The quantitative estimate of drug-likeness (QED) is 0.538. The summed E-state index contributed by atoms with van der Waals surface area (Å²) in [5.41, 5.74) is 8.54. The molecule has 0 saturated carbocycles. The lowest BCUT2D eigenvalue weighted by Crippen LogP contribution is -2.27. The molecule has 0 aliphatic carbocycles. The van der Waals surface area contributed by atoms with Gasteiger partial charge in [-0.1, -0.05) is 36.1 Å². The third-order valence-electron chi connectivity index (χ3n) is 4.63. The second-order valence-electron chi connectivity index (χ2n) is 6.77. The number of aromatic nitrogens is 3. The molecule has 0 radical (unpaired) electrons. The van der Waals surface area contributed by atoms with Crippen LogP contribution in [0.15, 0.2) is 71.7 Å². The number of nitrogens with two attached hydrogens (primary N) is 1. The molecule has 6 nitrogen and oxygen atoms in total. The van der Waals surface area contributed by atoms with Crippen LogP contribution in [-0.2, 0) is 0 Å². The van der Waals surface area contributed by atoms with E-state index in [2.05, 4.69) is 16.8 Å². The maximum atomic E-state index is 13.5. The fourth-order valence-corrected chi connectivity index (χ4v) is 3.20. The number of para-hydroxylation sites is 1. The molecular weight excluding hydrogens is 376 g/mol. The summed E-state index contributed by atoms with van der Waals surface area (Å²) in [5, 5.41) is 0.458. The zero-order valence-corrected chi connectivity index (χ0v) is 16.7. The average molecular weight is 396 g/mol. The fourth-order valence-electron chi connectivity index (χ4n) is 3.20. The zero-order chi connectivity index (χ0) is 21.1. The van der Waals surface area contributed by atoms with E-state index in [0.29, 0.717) is 33.9 Å². The van der Waals surface area contributed by atoms with Crippen LogP contribution in [0.4, 0.5) is 0 Å². The lowest BCUT2D eigenvalue weighted by molar-refractivity contribution is 0.398. The van der Waals surface area contributed by atoms with E-state index in [1.54, 1.807) is 30.0 Å². The third kappa shape index (κ3) is 3.66. The Morgan fingerprint density at radius 3 is 2.50 bits per heavy atom. The lowest BCUT2D eigenvalue weighted by atomic mass is 10.1. The molecule has 0 amide bonds. The Balaban J connectivity index is 1.93. The van der Waals surface area contributed by atoms with Crippen LogP contribution in [-0.4, -0.2) is 21.6 Å². The van der Waals surface area contributed by atoms with Crippen LogP contribution in [0, 0.1) is 11.8 Å². The molecule has 0 saturated heterocycles. The summed E-state index contributed by atoms with van der Waals surface area (Å²) in [6.45, 7) is 1.81. The molecule has 2 aromatic carbocycles. The van der Waals surface area contributed by atoms with E-state index in [0.717, 1.165) is 5.56 Å². The first kappa shape index (κ1) is 19.4. The summed E-state index contributed by atoms with van der Waals surface area (Å²) in [7, 11) is 1.56. The number of hydrogen-bond donors (Lipinski definition) is 1. The summed E-state index contributed by atoms with van der Waals surface area (Å²) in [5.74, 6) is 7.17. The maximum absolute atomic E-state index is 13.5. The van der Waals surface area contributed by atoms with Gasteiger partial charge in [0, 0.05) is 23.4 Å². The van der Waals surface area contributed by atoms with E-state index >= 15 is 0 Å². The molecule has 0 bridgehead atoms. The largest absolute Gasteiger partial charge is 0.481 e. The fraction of sp³-hybridized carbons (Fsp3) is 0.125. The van der Waals surface area contributed by atoms with E-state index in [4.69, 9.17) is 15.5 Å². The highest BCUT2D eigenvalue weighted by atomic mass is 16.5. The first-order valence-electron chi connectivity index (χ1n) is 9.47. The summed E-state index contributed by atoms with van der Waals surface area (Å²) < 4.78 is 6.63. The van der Waals surface area contributed by atoms with Crippen LogP contribution < -0.4 is 16.0 Å². The monoisotopic (exact) mass is 396 g/mol. The normalized spacial score (nSPS) is 11.6. The van der Waals surface area contributed by atoms with Gasteiger partial charge < -0.3 is 10.5 Å². The molecule has 0 aliphatic rings. The minimum absolute atomic E-state index is 0.198.